The second kappa shape index (κ2) is 7.29. The number of hydrogen-bond donors (Lipinski definition) is 1. The summed E-state index contributed by atoms with van der Waals surface area (Å²) < 4.78 is 0.830. The number of nitrogens with zero attached hydrogens (tertiary/aromatic N) is 4. The SMILES string of the molecule is O=C(Cn1nnc(-c2ccc(Cl)cc2)n1)Nc1ccc(Br)cc1Cl. The molecule has 3 rings (SSSR count). The van der Waals surface area contributed by atoms with E-state index in [-0.39, 0.29) is 12.5 Å². The number of carbonyl (C=O) groups excluding carboxylic acids is 1. The van der Waals surface area contributed by atoms with Crippen LogP contribution in [0.15, 0.2) is 46.9 Å². The van der Waals surface area contributed by atoms with Crippen molar-refractivity contribution >= 4 is 50.7 Å². The van der Waals surface area contributed by atoms with Crippen molar-refractivity contribution in [3.8, 4) is 11.4 Å². The van der Waals surface area contributed by atoms with Crippen LogP contribution in [0.2, 0.25) is 10.0 Å². The van der Waals surface area contributed by atoms with Crippen LogP contribution in [0.1, 0.15) is 0 Å². The van der Waals surface area contributed by atoms with Crippen molar-refractivity contribution in [2.45, 2.75) is 6.54 Å². The molecule has 0 bridgehead atoms. The van der Waals surface area contributed by atoms with E-state index in [1.807, 2.05) is 0 Å². The highest BCUT2D eigenvalue weighted by Crippen LogP contribution is 2.25. The summed E-state index contributed by atoms with van der Waals surface area (Å²) in [6.07, 6.45) is 0. The van der Waals surface area contributed by atoms with Crippen LogP contribution in [0.4, 0.5) is 5.69 Å². The van der Waals surface area contributed by atoms with E-state index in [1.165, 1.54) is 4.80 Å². The molecule has 0 spiro atoms. The molecule has 0 aliphatic rings. The van der Waals surface area contributed by atoms with Crippen LogP contribution in [-0.4, -0.2) is 26.1 Å². The van der Waals surface area contributed by atoms with Crippen molar-refractivity contribution in [2.24, 2.45) is 0 Å². The molecule has 0 radical (unpaired) electrons. The van der Waals surface area contributed by atoms with Gasteiger partial charge in [0, 0.05) is 15.1 Å². The van der Waals surface area contributed by atoms with Crippen LogP contribution in [0, 0.1) is 0 Å². The van der Waals surface area contributed by atoms with Crippen LogP contribution in [0.25, 0.3) is 11.4 Å². The van der Waals surface area contributed by atoms with Gasteiger partial charge in [0.25, 0.3) is 0 Å². The summed E-state index contributed by atoms with van der Waals surface area (Å²) >= 11 is 15.2. The first-order valence-electron chi connectivity index (χ1n) is 6.80. The minimum atomic E-state index is -0.306. The Kier molecular flexibility index (Phi) is 5.13. The van der Waals surface area contributed by atoms with E-state index in [9.17, 15) is 4.79 Å². The van der Waals surface area contributed by atoms with Gasteiger partial charge in [0.1, 0.15) is 6.54 Å². The molecular formula is C15H10BrCl2N5O. The lowest BCUT2D eigenvalue weighted by Gasteiger charge is -2.06. The molecule has 6 nitrogen and oxygen atoms in total. The molecule has 9 heteroatoms. The maximum absolute atomic E-state index is 12.1. The van der Waals surface area contributed by atoms with Gasteiger partial charge in [-0.05, 0) is 47.7 Å². The number of aromatic nitrogens is 4. The Balaban J connectivity index is 1.68. The molecule has 1 heterocycles. The van der Waals surface area contributed by atoms with Crippen LogP contribution in [0.5, 0.6) is 0 Å². The minimum absolute atomic E-state index is 0.0764. The molecule has 0 saturated carbocycles. The molecule has 1 N–H and O–H groups in total. The Morgan fingerprint density at radius 3 is 2.62 bits per heavy atom. The summed E-state index contributed by atoms with van der Waals surface area (Å²) in [6.45, 7) is -0.0764. The molecule has 0 unspecified atom stereocenters. The van der Waals surface area contributed by atoms with Gasteiger partial charge >= 0.3 is 0 Å². The topological polar surface area (TPSA) is 72.7 Å². The fourth-order valence-electron chi connectivity index (χ4n) is 1.93. The zero-order valence-electron chi connectivity index (χ0n) is 12.1. The number of tetrazole rings is 1. The third-order valence-electron chi connectivity index (χ3n) is 3.05. The van der Waals surface area contributed by atoms with Gasteiger partial charge in [-0.3, -0.25) is 4.79 Å². The van der Waals surface area contributed by atoms with Gasteiger partial charge in [0.15, 0.2) is 0 Å². The Morgan fingerprint density at radius 2 is 1.92 bits per heavy atom. The largest absolute Gasteiger partial charge is 0.323 e. The summed E-state index contributed by atoms with van der Waals surface area (Å²) in [5, 5.41) is 15.7. The average Bonchev–Trinajstić information content (AvgIpc) is 2.99. The van der Waals surface area contributed by atoms with Crippen molar-refractivity contribution in [1.82, 2.24) is 20.2 Å². The smallest absolute Gasteiger partial charge is 0.248 e. The normalized spacial score (nSPS) is 10.6. The molecule has 2 aromatic carbocycles. The molecule has 122 valence electrons. The summed E-state index contributed by atoms with van der Waals surface area (Å²) in [6, 6.07) is 12.2. The first kappa shape index (κ1) is 16.9. The predicted octanol–water partition coefficient (Wildman–Crippen LogP) is 4.05. The van der Waals surface area contributed by atoms with E-state index >= 15 is 0 Å². The third kappa shape index (κ3) is 4.11. The second-order valence-electron chi connectivity index (χ2n) is 4.82. The van der Waals surface area contributed by atoms with Gasteiger partial charge in [0.05, 0.1) is 10.7 Å². The van der Waals surface area contributed by atoms with Crippen molar-refractivity contribution in [3.05, 3.63) is 57.0 Å². The highest BCUT2D eigenvalue weighted by atomic mass is 79.9. The molecular weight excluding hydrogens is 417 g/mol. The monoisotopic (exact) mass is 425 g/mol. The number of halogens is 3. The van der Waals surface area contributed by atoms with E-state index in [1.54, 1.807) is 42.5 Å². The first-order chi connectivity index (χ1) is 11.5. The summed E-state index contributed by atoms with van der Waals surface area (Å²) in [7, 11) is 0. The lowest BCUT2D eigenvalue weighted by molar-refractivity contribution is -0.117. The number of carbonyl (C=O) groups is 1. The number of benzene rings is 2. The van der Waals surface area contributed by atoms with Gasteiger partial charge in [-0.1, -0.05) is 39.1 Å². The van der Waals surface area contributed by atoms with Gasteiger partial charge < -0.3 is 5.32 Å². The summed E-state index contributed by atoms with van der Waals surface area (Å²) in [4.78, 5) is 13.3. The van der Waals surface area contributed by atoms with Crippen LogP contribution >= 0.6 is 39.1 Å². The summed E-state index contributed by atoms with van der Waals surface area (Å²) in [5.41, 5.74) is 1.28. The maximum Gasteiger partial charge on any atom is 0.248 e. The van der Waals surface area contributed by atoms with Crippen molar-refractivity contribution in [3.63, 3.8) is 0 Å². The highest BCUT2D eigenvalue weighted by Gasteiger charge is 2.11. The number of nitrogens with one attached hydrogen (secondary N) is 1. The molecule has 0 fully saturated rings. The second-order valence-corrected chi connectivity index (χ2v) is 6.58. The Morgan fingerprint density at radius 1 is 1.17 bits per heavy atom. The Labute approximate surface area is 155 Å². The number of amides is 1. The number of hydrogen-bond acceptors (Lipinski definition) is 4. The molecule has 0 aliphatic carbocycles. The van der Waals surface area contributed by atoms with Gasteiger partial charge in [-0.25, -0.2) is 0 Å². The van der Waals surface area contributed by atoms with Gasteiger partial charge in [-0.15, -0.1) is 10.2 Å². The van der Waals surface area contributed by atoms with Crippen molar-refractivity contribution in [1.29, 1.82) is 0 Å². The minimum Gasteiger partial charge on any atom is -0.323 e. The van der Waals surface area contributed by atoms with Gasteiger partial charge in [0.2, 0.25) is 11.7 Å². The van der Waals surface area contributed by atoms with Gasteiger partial charge in [-0.2, -0.15) is 4.80 Å². The van der Waals surface area contributed by atoms with Crippen LogP contribution in [0.3, 0.4) is 0 Å². The van der Waals surface area contributed by atoms with E-state index in [0.29, 0.717) is 21.6 Å². The molecule has 24 heavy (non-hydrogen) atoms. The lowest BCUT2D eigenvalue weighted by atomic mass is 10.2. The molecule has 1 amide bonds. The van der Waals surface area contributed by atoms with Crippen molar-refractivity contribution < 1.29 is 4.79 Å². The lowest BCUT2D eigenvalue weighted by Crippen LogP contribution is -2.20. The average molecular weight is 427 g/mol. The quantitative estimate of drug-likeness (QED) is 0.682. The molecule has 3 aromatic rings. The highest BCUT2D eigenvalue weighted by molar-refractivity contribution is 9.10. The molecule has 0 atom stereocenters. The maximum atomic E-state index is 12.1. The fourth-order valence-corrected chi connectivity index (χ4v) is 2.78. The zero-order valence-corrected chi connectivity index (χ0v) is 15.2. The van der Waals surface area contributed by atoms with E-state index < -0.39 is 0 Å². The van der Waals surface area contributed by atoms with E-state index in [0.717, 1.165) is 10.0 Å². The molecule has 0 saturated heterocycles. The third-order valence-corrected chi connectivity index (χ3v) is 4.10. The Hall–Kier alpha value is -1.96. The Bertz CT molecular complexity index is 882. The standard InChI is InChI=1S/C15H10BrCl2N5O/c16-10-3-6-13(12(18)7-10)19-14(24)8-23-21-15(20-22-23)9-1-4-11(17)5-2-9/h1-7H,8H2,(H,19,24). The van der Waals surface area contributed by atoms with E-state index in [4.69, 9.17) is 23.2 Å². The first-order valence-corrected chi connectivity index (χ1v) is 8.35. The fraction of sp³-hybridized carbons (Fsp3) is 0.0667. The summed E-state index contributed by atoms with van der Waals surface area (Å²) in [5.74, 6) is 0.111. The van der Waals surface area contributed by atoms with E-state index in [2.05, 4.69) is 36.7 Å². The van der Waals surface area contributed by atoms with Crippen molar-refractivity contribution in [2.75, 3.05) is 5.32 Å². The van der Waals surface area contributed by atoms with Crippen LogP contribution in [-0.2, 0) is 11.3 Å². The number of anilines is 1. The number of rotatable bonds is 4. The molecule has 0 aliphatic heterocycles. The van der Waals surface area contributed by atoms with Crippen LogP contribution < -0.4 is 5.32 Å². The molecule has 1 aromatic heterocycles. The predicted molar refractivity (Wildman–Crippen MR) is 96.0 cm³/mol. The zero-order chi connectivity index (χ0) is 17.1.